The van der Waals surface area contributed by atoms with Crippen molar-refractivity contribution in [3.05, 3.63) is 48.6 Å². The second-order valence-electron chi connectivity index (χ2n) is 6.55. The van der Waals surface area contributed by atoms with Crippen LogP contribution in [0.4, 0.5) is 0 Å². The number of unbranched alkanes of at least 4 members (excludes halogenated alkanes) is 2. The monoisotopic (exact) mass is 364 g/mol. The summed E-state index contributed by atoms with van der Waals surface area (Å²) >= 11 is 0. The molecule has 3 N–H and O–H groups in total. The summed E-state index contributed by atoms with van der Waals surface area (Å²) in [4.78, 5) is 10.5. The second-order valence-corrected chi connectivity index (χ2v) is 6.55. The first-order chi connectivity index (χ1) is 12.5. The van der Waals surface area contributed by atoms with Crippen LogP contribution in [0.1, 0.15) is 65.2 Å². The number of allylic oxidation sites excluding steroid dienone is 7. The molecule has 0 aromatic carbocycles. The molecule has 0 bridgehead atoms. The molecular formula is C22H36O4. The summed E-state index contributed by atoms with van der Waals surface area (Å²) in [6, 6.07) is 0. The quantitative estimate of drug-likeness (QED) is 0.288. The van der Waals surface area contributed by atoms with Gasteiger partial charge in [0.25, 0.3) is 0 Å². The molecular weight excluding hydrogens is 328 g/mol. The van der Waals surface area contributed by atoms with Crippen molar-refractivity contribution >= 4 is 5.97 Å². The molecule has 0 aliphatic carbocycles. The van der Waals surface area contributed by atoms with Gasteiger partial charge in [-0.15, -0.1) is 0 Å². The SMILES string of the molecule is CCCCC[C@@H](O)[C@@H](O)/C=C/C=C/C=C\C=C\C(CC)CCCC(=O)O. The molecule has 4 nitrogen and oxygen atoms in total. The normalized spacial score (nSPS) is 16.2. The molecule has 0 heterocycles. The zero-order valence-electron chi connectivity index (χ0n) is 16.3. The standard InChI is InChI=1S/C22H36O4/c1-3-5-10-16-20(23)21(24)17-12-9-7-6-8-11-14-19(4-2)15-13-18-22(25)26/h6-9,11-12,14,17,19-21,23-24H,3-5,10,13,15-16,18H2,1-2H3,(H,25,26)/b8-6-,9-7+,14-11+,17-12+/t19?,20-,21+/m1/s1. The van der Waals surface area contributed by atoms with Crippen LogP contribution in [0.5, 0.6) is 0 Å². The zero-order valence-corrected chi connectivity index (χ0v) is 16.3. The molecule has 1 unspecified atom stereocenters. The van der Waals surface area contributed by atoms with Gasteiger partial charge in [0, 0.05) is 6.42 Å². The summed E-state index contributed by atoms with van der Waals surface area (Å²) < 4.78 is 0. The molecule has 0 saturated carbocycles. The first-order valence-electron chi connectivity index (χ1n) is 9.77. The van der Waals surface area contributed by atoms with Gasteiger partial charge in [-0.3, -0.25) is 4.79 Å². The number of hydrogen-bond acceptors (Lipinski definition) is 3. The minimum atomic E-state index is -0.823. The van der Waals surface area contributed by atoms with Gasteiger partial charge in [-0.2, -0.15) is 0 Å². The Kier molecular flexibility index (Phi) is 15.7. The Morgan fingerprint density at radius 2 is 1.46 bits per heavy atom. The van der Waals surface area contributed by atoms with Crippen molar-refractivity contribution in [2.75, 3.05) is 0 Å². The highest BCUT2D eigenvalue weighted by molar-refractivity contribution is 5.66. The maximum absolute atomic E-state index is 10.5. The summed E-state index contributed by atoms with van der Waals surface area (Å²) in [5, 5.41) is 28.3. The van der Waals surface area contributed by atoms with Crippen molar-refractivity contribution in [2.45, 2.75) is 77.4 Å². The fraction of sp³-hybridized carbons (Fsp3) is 0.591. The van der Waals surface area contributed by atoms with Crippen LogP contribution >= 0.6 is 0 Å². The summed E-state index contributed by atoms with van der Waals surface area (Å²) in [6.45, 7) is 4.21. The van der Waals surface area contributed by atoms with E-state index >= 15 is 0 Å². The Hall–Kier alpha value is -1.65. The lowest BCUT2D eigenvalue weighted by atomic mass is 9.98. The first kappa shape index (κ1) is 24.4. The van der Waals surface area contributed by atoms with Crippen molar-refractivity contribution in [1.82, 2.24) is 0 Å². The molecule has 148 valence electrons. The molecule has 0 aromatic heterocycles. The topological polar surface area (TPSA) is 77.8 Å². The Labute approximate surface area is 158 Å². The summed E-state index contributed by atoms with van der Waals surface area (Å²) in [5.74, 6) is -0.326. The van der Waals surface area contributed by atoms with E-state index in [0.717, 1.165) is 32.1 Å². The molecule has 0 amide bonds. The fourth-order valence-corrected chi connectivity index (χ4v) is 2.51. The number of aliphatic carboxylic acids is 1. The van der Waals surface area contributed by atoms with E-state index in [2.05, 4.69) is 19.9 Å². The Morgan fingerprint density at radius 1 is 0.846 bits per heavy atom. The van der Waals surface area contributed by atoms with E-state index in [0.29, 0.717) is 18.8 Å². The van der Waals surface area contributed by atoms with Crippen molar-refractivity contribution < 1.29 is 20.1 Å². The second kappa shape index (κ2) is 16.8. The van der Waals surface area contributed by atoms with Crippen LogP contribution in [-0.4, -0.2) is 33.5 Å². The largest absolute Gasteiger partial charge is 0.481 e. The zero-order chi connectivity index (χ0) is 19.6. The predicted molar refractivity (Wildman–Crippen MR) is 108 cm³/mol. The lowest BCUT2D eigenvalue weighted by Gasteiger charge is -2.13. The van der Waals surface area contributed by atoms with E-state index in [9.17, 15) is 15.0 Å². The molecule has 0 fully saturated rings. The number of aliphatic hydroxyl groups excluding tert-OH is 2. The third-order valence-electron chi connectivity index (χ3n) is 4.23. The molecule has 0 saturated heterocycles. The number of carbonyl (C=O) groups is 1. The third-order valence-corrected chi connectivity index (χ3v) is 4.23. The lowest BCUT2D eigenvalue weighted by molar-refractivity contribution is -0.137. The van der Waals surface area contributed by atoms with Gasteiger partial charge in [-0.1, -0.05) is 81.7 Å². The summed E-state index contributed by atoms with van der Waals surface area (Å²) in [5.41, 5.74) is 0. The maximum atomic E-state index is 10.5. The van der Waals surface area contributed by atoms with E-state index in [1.165, 1.54) is 0 Å². The van der Waals surface area contributed by atoms with Gasteiger partial charge >= 0.3 is 5.97 Å². The Balaban J connectivity index is 4.08. The van der Waals surface area contributed by atoms with Crippen molar-refractivity contribution in [1.29, 1.82) is 0 Å². The minimum Gasteiger partial charge on any atom is -0.481 e. The van der Waals surface area contributed by atoms with Gasteiger partial charge in [-0.05, 0) is 31.6 Å². The van der Waals surface area contributed by atoms with E-state index in [4.69, 9.17) is 5.11 Å². The summed E-state index contributed by atoms with van der Waals surface area (Å²) in [7, 11) is 0. The molecule has 0 aromatic rings. The Morgan fingerprint density at radius 3 is 2.04 bits per heavy atom. The summed E-state index contributed by atoms with van der Waals surface area (Å²) in [6.07, 6.45) is 20.0. The van der Waals surface area contributed by atoms with E-state index in [1.807, 2.05) is 30.4 Å². The van der Waals surface area contributed by atoms with Gasteiger partial charge < -0.3 is 15.3 Å². The number of hydrogen-bond donors (Lipinski definition) is 3. The number of aliphatic hydroxyl groups is 2. The molecule has 0 rings (SSSR count). The molecule has 4 heteroatoms. The number of carboxylic acids is 1. The highest BCUT2D eigenvalue weighted by Gasteiger charge is 2.11. The van der Waals surface area contributed by atoms with E-state index in [1.54, 1.807) is 12.2 Å². The van der Waals surface area contributed by atoms with Gasteiger partial charge in [0.1, 0.15) is 0 Å². The van der Waals surface area contributed by atoms with Crippen LogP contribution in [0.15, 0.2) is 48.6 Å². The van der Waals surface area contributed by atoms with Crippen LogP contribution in [0.3, 0.4) is 0 Å². The maximum Gasteiger partial charge on any atom is 0.303 e. The Bertz CT molecular complexity index is 463. The molecule has 3 atom stereocenters. The van der Waals surface area contributed by atoms with Gasteiger partial charge in [0.05, 0.1) is 12.2 Å². The van der Waals surface area contributed by atoms with Gasteiger partial charge in [0.15, 0.2) is 0 Å². The first-order valence-corrected chi connectivity index (χ1v) is 9.77. The molecule has 0 spiro atoms. The average molecular weight is 365 g/mol. The number of rotatable bonds is 15. The van der Waals surface area contributed by atoms with Gasteiger partial charge in [0.2, 0.25) is 0 Å². The van der Waals surface area contributed by atoms with E-state index < -0.39 is 18.2 Å². The third kappa shape index (κ3) is 14.7. The average Bonchev–Trinajstić information content (AvgIpc) is 2.61. The van der Waals surface area contributed by atoms with Crippen LogP contribution in [0, 0.1) is 5.92 Å². The van der Waals surface area contributed by atoms with E-state index in [-0.39, 0.29) is 6.42 Å². The van der Waals surface area contributed by atoms with Crippen molar-refractivity contribution in [3.63, 3.8) is 0 Å². The molecule has 26 heavy (non-hydrogen) atoms. The molecule has 0 radical (unpaired) electrons. The van der Waals surface area contributed by atoms with Crippen LogP contribution in [-0.2, 0) is 4.79 Å². The number of carboxylic acid groups (broad SMARTS) is 1. The van der Waals surface area contributed by atoms with Gasteiger partial charge in [-0.25, -0.2) is 0 Å². The lowest BCUT2D eigenvalue weighted by Crippen LogP contribution is -2.23. The fourth-order valence-electron chi connectivity index (χ4n) is 2.51. The van der Waals surface area contributed by atoms with Crippen LogP contribution in [0.2, 0.25) is 0 Å². The highest BCUT2D eigenvalue weighted by Crippen LogP contribution is 2.14. The van der Waals surface area contributed by atoms with Crippen LogP contribution < -0.4 is 0 Å². The molecule has 0 aliphatic heterocycles. The highest BCUT2D eigenvalue weighted by atomic mass is 16.4. The van der Waals surface area contributed by atoms with Crippen LogP contribution in [0.25, 0.3) is 0 Å². The molecule has 0 aliphatic rings. The van der Waals surface area contributed by atoms with Crippen molar-refractivity contribution in [3.8, 4) is 0 Å². The smallest absolute Gasteiger partial charge is 0.303 e. The predicted octanol–water partition coefficient (Wildman–Crippen LogP) is 4.79. The minimum absolute atomic E-state index is 0.231. The van der Waals surface area contributed by atoms with Crippen molar-refractivity contribution in [2.24, 2.45) is 5.92 Å².